The Hall–Kier alpha value is -2.82. The highest BCUT2D eigenvalue weighted by Crippen LogP contribution is 2.17. The number of hydrogen-bond donors (Lipinski definition) is 1. The normalized spacial score (nSPS) is 10.8. The number of nitrogens with one attached hydrogen (secondary N) is 1. The highest BCUT2D eigenvalue weighted by atomic mass is 16.6. The summed E-state index contributed by atoms with van der Waals surface area (Å²) in [7, 11) is 0. The third-order valence-corrected chi connectivity index (χ3v) is 2.99. The molecule has 5 nitrogen and oxygen atoms in total. The fraction of sp³-hybridized carbons (Fsp3) is 0.263. The number of anilines is 1. The number of aldehydes is 1. The Morgan fingerprint density at radius 1 is 1.12 bits per heavy atom. The first-order chi connectivity index (χ1) is 11.4. The van der Waals surface area contributed by atoms with Crippen LogP contribution in [0.1, 0.15) is 36.7 Å². The van der Waals surface area contributed by atoms with Gasteiger partial charge in [0, 0.05) is 11.3 Å². The molecule has 0 unspecified atom stereocenters. The quantitative estimate of drug-likeness (QED) is 0.825. The molecule has 126 valence electrons. The van der Waals surface area contributed by atoms with Crippen LogP contribution in [0.25, 0.3) is 0 Å². The zero-order valence-corrected chi connectivity index (χ0v) is 14.0. The molecule has 0 spiro atoms. The molecule has 0 aromatic heterocycles. The molecule has 2 aromatic rings. The number of carbonyl (C=O) groups excluding carboxylic acids is 2. The van der Waals surface area contributed by atoms with Gasteiger partial charge in [0.15, 0.2) is 0 Å². The molecule has 0 saturated heterocycles. The molecule has 2 aromatic carbocycles. The molecular formula is C19H21NO4. The summed E-state index contributed by atoms with van der Waals surface area (Å²) in [5, 5.41) is 2.70. The van der Waals surface area contributed by atoms with Gasteiger partial charge in [-0.2, -0.15) is 0 Å². The van der Waals surface area contributed by atoms with Crippen molar-refractivity contribution in [2.45, 2.75) is 33.0 Å². The van der Waals surface area contributed by atoms with E-state index in [1.165, 1.54) is 0 Å². The Morgan fingerprint density at radius 2 is 1.83 bits per heavy atom. The fourth-order valence-electron chi connectivity index (χ4n) is 1.97. The summed E-state index contributed by atoms with van der Waals surface area (Å²) in [6.45, 7) is 5.79. The van der Waals surface area contributed by atoms with Gasteiger partial charge < -0.3 is 9.47 Å². The molecule has 1 amide bonds. The van der Waals surface area contributed by atoms with Crippen LogP contribution >= 0.6 is 0 Å². The van der Waals surface area contributed by atoms with Gasteiger partial charge in [-0.1, -0.05) is 12.1 Å². The van der Waals surface area contributed by atoms with E-state index in [9.17, 15) is 9.59 Å². The largest absolute Gasteiger partial charge is 0.489 e. The van der Waals surface area contributed by atoms with Gasteiger partial charge >= 0.3 is 6.09 Å². The molecule has 24 heavy (non-hydrogen) atoms. The van der Waals surface area contributed by atoms with Crippen molar-refractivity contribution >= 4 is 18.1 Å². The molecular weight excluding hydrogens is 306 g/mol. The van der Waals surface area contributed by atoms with Crippen molar-refractivity contribution < 1.29 is 19.1 Å². The summed E-state index contributed by atoms with van der Waals surface area (Å²) in [5.74, 6) is 0.672. The van der Waals surface area contributed by atoms with Crippen molar-refractivity contribution in [3.8, 4) is 5.75 Å². The molecule has 0 aliphatic heterocycles. The number of benzene rings is 2. The van der Waals surface area contributed by atoms with Crippen LogP contribution in [-0.4, -0.2) is 18.0 Å². The van der Waals surface area contributed by atoms with Crippen LogP contribution in [-0.2, 0) is 11.3 Å². The topological polar surface area (TPSA) is 64.6 Å². The average Bonchev–Trinajstić information content (AvgIpc) is 2.52. The van der Waals surface area contributed by atoms with Gasteiger partial charge in [-0.05, 0) is 62.7 Å². The molecule has 0 radical (unpaired) electrons. The van der Waals surface area contributed by atoms with Gasteiger partial charge in [-0.15, -0.1) is 0 Å². The smallest absolute Gasteiger partial charge is 0.412 e. The summed E-state index contributed by atoms with van der Waals surface area (Å²) in [6.07, 6.45) is 0.292. The van der Waals surface area contributed by atoms with Gasteiger partial charge in [-0.3, -0.25) is 10.1 Å². The van der Waals surface area contributed by atoms with Crippen molar-refractivity contribution in [2.24, 2.45) is 0 Å². The van der Waals surface area contributed by atoms with Crippen LogP contribution in [0, 0.1) is 0 Å². The third-order valence-electron chi connectivity index (χ3n) is 2.99. The molecule has 0 fully saturated rings. The van der Waals surface area contributed by atoms with Crippen molar-refractivity contribution in [3.05, 3.63) is 59.7 Å². The van der Waals surface area contributed by atoms with E-state index >= 15 is 0 Å². The first-order valence-electron chi connectivity index (χ1n) is 7.63. The second-order valence-corrected chi connectivity index (χ2v) is 6.30. The maximum atomic E-state index is 11.8. The molecule has 0 saturated carbocycles. The fourth-order valence-corrected chi connectivity index (χ4v) is 1.97. The minimum atomic E-state index is -0.543. The van der Waals surface area contributed by atoms with Crippen LogP contribution in [0.4, 0.5) is 10.5 Å². The van der Waals surface area contributed by atoms with Crippen LogP contribution < -0.4 is 10.1 Å². The van der Waals surface area contributed by atoms with Crippen LogP contribution in [0.3, 0.4) is 0 Å². The van der Waals surface area contributed by atoms with E-state index in [4.69, 9.17) is 9.47 Å². The molecule has 5 heteroatoms. The minimum Gasteiger partial charge on any atom is -0.489 e. The van der Waals surface area contributed by atoms with E-state index in [1.54, 1.807) is 30.3 Å². The van der Waals surface area contributed by atoms with E-state index in [0.717, 1.165) is 11.8 Å². The van der Waals surface area contributed by atoms with Crippen LogP contribution in [0.5, 0.6) is 5.75 Å². The van der Waals surface area contributed by atoms with Crippen molar-refractivity contribution in [1.82, 2.24) is 0 Å². The van der Waals surface area contributed by atoms with Crippen LogP contribution in [0.2, 0.25) is 0 Å². The average molecular weight is 327 g/mol. The van der Waals surface area contributed by atoms with Crippen molar-refractivity contribution in [1.29, 1.82) is 0 Å². The minimum absolute atomic E-state index is 0.351. The number of rotatable bonds is 5. The first kappa shape index (κ1) is 17.5. The number of hydrogen-bond acceptors (Lipinski definition) is 4. The Balaban J connectivity index is 1.94. The van der Waals surface area contributed by atoms with Crippen molar-refractivity contribution in [3.63, 3.8) is 0 Å². The van der Waals surface area contributed by atoms with E-state index in [2.05, 4.69) is 5.32 Å². The lowest BCUT2D eigenvalue weighted by Crippen LogP contribution is -2.27. The maximum Gasteiger partial charge on any atom is 0.412 e. The highest BCUT2D eigenvalue weighted by molar-refractivity contribution is 5.84. The Morgan fingerprint density at radius 3 is 2.46 bits per heavy atom. The second-order valence-electron chi connectivity index (χ2n) is 6.30. The third kappa shape index (κ3) is 5.76. The zero-order valence-electron chi connectivity index (χ0n) is 14.0. The Bertz CT molecular complexity index is 702. The summed E-state index contributed by atoms with van der Waals surface area (Å²) in [6, 6.07) is 14.2. The number of amides is 1. The lowest BCUT2D eigenvalue weighted by Gasteiger charge is -2.19. The van der Waals surface area contributed by atoms with E-state index in [0.29, 0.717) is 23.6 Å². The van der Waals surface area contributed by atoms with E-state index in [1.807, 2.05) is 39.0 Å². The van der Waals surface area contributed by atoms with E-state index < -0.39 is 11.7 Å². The SMILES string of the molecule is CC(C)(C)OC(=O)Nc1cccc(COc2ccc(C=O)cc2)c1. The number of carbonyl (C=O) groups is 2. The lowest BCUT2D eigenvalue weighted by atomic mass is 10.2. The second kappa shape index (κ2) is 7.64. The summed E-state index contributed by atoms with van der Waals surface area (Å²) >= 11 is 0. The predicted octanol–water partition coefficient (Wildman–Crippen LogP) is 4.43. The molecule has 2 rings (SSSR count). The number of ether oxygens (including phenoxy) is 2. The van der Waals surface area contributed by atoms with Gasteiger partial charge in [-0.25, -0.2) is 4.79 Å². The van der Waals surface area contributed by atoms with E-state index in [-0.39, 0.29) is 0 Å². The zero-order chi connectivity index (χ0) is 17.6. The molecule has 0 aliphatic carbocycles. The predicted molar refractivity (Wildman–Crippen MR) is 92.5 cm³/mol. The molecule has 0 atom stereocenters. The summed E-state index contributed by atoms with van der Waals surface area (Å²) in [5.41, 5.74) is 1.61. The molecule has 0 heterocycles. The van der Waals surface area contributed by atoms with Gasteiger partial charge in [0.1, 0.15) is 24.2 Å². The molecule has 1 N–H and O–H groups in total. The summed E-state index contributed by atoms with van der Waals surface area (Å²) < 4.78 is 10.9. The highest BCUT2D eigenvalue weighted by Gasteiger charge is 2.16. The Kier molecular flexibility index (Phi) is 5.58. The van der Waals surface area contributed by atoms with Gasteiger partial charge in [0.05, 0.1) is 0 Å². The van der Waals surface area contributed by atoms with Gasteiger partial charge in [0.2, 0.25) is 0 Å². The monoisotopic (exact) mass is 327 g/mol. The van der Waals surface area contributed by atoms with Crippen LogP contribution in [0.15, 0.2) is 48.5 Å². The van der Waals surface area contributed by atoms with Gasteiger partial charge in [0.25, 0.3) is 0 Å². The molecule has 0 aliphatic rings. The lowest BCUT2D eigenvalue weighted by molar-refractivity contribution is 0.0636. The first-order valence-corrected chi connectivity index (χ1v) is 7.63. The standard InChI is InChI=1S/C19H21NO4/c1-19(2,3)24-18(22)20-16-6-4-5-15(11-16)13-23-17-9-7-14(12-21)8-10-17/h4-12H,13H2,1-3H3,(H,20,22). The summed E-state index contributed by atoms with van der Waals surface area (Å²) in [4.78, 5) is 22.4. The molecule has 0 bridgehead atoms. The van der Waals surface area contributed by atoms with Crippen molar-refractivity contribution in [2.75, 3.05) is 5.32 Å². The Labute approximate surface area is 141 Å². The maximum absolute atomic E-state index is 11.8.